The number of anilines is 1. The Kier molecular flexibility index (Phi) is 4.66. The van der Waals surface area contributed by atoms with Crippen molar-refractivity contribution < 1.29 is 9.32 Å². The summed E-state index contributed by atoms with van der Waals surface area (Å²) in [5.41, 5.74) is 1.07. The molecule has 1 aliphatic heterocycles. The van der Waals surface area contributed by atoms with Crippen molar-refractivity contribution >= 4 is 23.3 Å². The molecule has 1 aromatic heterocycles. The normalized spacial score (nSPS) is 17.3. The predicted molar refractivity (Wildman–Crippen MR) is 86.5 cm³/mol. The van der Waals surface area contributed by atoms with E-state index in [9.17, 15) is 4.79 Å². The molecule has 1 aromatic carbocycles. The molecule has 3 rings (SSSR count). The number of aryl methyl sites for hydroxylation is 1. The number of hydrogen-bond donors (Lipinski definition) is 2. The van der Waals surface area contributed by atoms with Crippen molar-refractivity contribution in [3.63, 3.8) is 0 Å². The van der Waals surface area contributed by atoms with Crippen molar-refractivity contribution in [3.05, 3.63) is 41.0 Å². The van der Waals surface area contributed by atoms with Crippen molar-refractivity contribution in [2.45, 2.75) is 25.9 Å². The van der Waals surface area contributed by atoms with Crippen molar-refractivity contribution in [2.24, 2.45) is 0 Å². The maximum absolute atomic E-state index is 11.9. The van der Waals surface area contributed by atoms with Gasteiger partial charge in [-0.15, -0.1) is 0 Å². The molecule has 2 aromatic rings. The zero-order valence-corrected chi connectivity index (χ0v) is 13.5. The zero-order chi connectivity index (χ0) is 16.2. The quantitative estimate of drug-likeness (QED) is 0.894. The van der Waals surface area contributed by atoms with Crippen molar-refractivity contribution in [2.75, 3.05) is 18.0 Å². The largest absolute Gasteiger partial charge is 0.369 e. The number of rotatable bonds is 4. The van der Waals surface area contributed by atoms with E-state index in [-0.39, 0.29) is 18.6 Å². The van der Waals surface area contributed by atoms with Gasteiger partial charge in [-0.1, -0.05) is 22.8 Å². The van der Waals surface area contributed by atoms with Gasteiger partial charge < -0.3 is 20.1 Å². The number of benzene rings is 1. The summed E-state index contributed by atoms with van der Waals surface area (Å²) < 4.78 is 4.85. The molecule has 23 heavy (non-hydrogen) atoms. The van der Waals surface area contributed by atoms with E-state index in [2.05, 4.69) is 25.7 Å². The molecule has 122 valence electrons. The van der Waals surface area contributed by atoms with E-state index >= 15 is 0 Å². The third kappa shape index (κ3) is 4.13. The van der Waals surface area contributed by atoms with Gasteiger partial charge in [0.05, 0.1) is 6.54 Å². The minimum Gasteiger partial charge on any atom is -0.369 e. The van der Waals surface area contributed by atoms with E-state index < -0.39 is 0 Å². The van der Waals surface area contributed by atoms with Gasteiger partial charge in [0.2, 0.25) is 5.89 Å². The Balaban J connectivity index is 1.46. The Morgan fingerprint density at radius 3 is 3.13 bits per heavy atom. The lowest BCUT2D eigenvalue weighted by Gasteiger charge is -2.19. The van der Waals surface area contributed by atoms with E-state index in [1.165, 1.54) is 0 Å². The predicted octanol–water partition coefficient (Wildman–Crippen LogP) is 2.11. The van der Waals surface area contributed by atoms with E-state index in [0.29, 0.717) is 16.7 Å². The summed E-state index contributed by atoms with van der Waals surface area (Å²) in [4.78, 5) is 18.2. The van der Waals surface area contributed by atoms with Crippen LogP contribution in [0.1, 0.15) is 18.1 Å². The Morgan fingerprint density at radius 1 is 1.52 bits per heavy atom. The van der Waals surface area contributed by atoms with Crippen LogP contribution in [-0.2, 0) is 6.54 Å². The summed E-state index contributed by atoms with van der Waals surface area (Å²) in [6.07, 6.45) is 0.890. The SMILES string of the molecule is Cc1nc(CNC(=O)N[C@@H]2CCN(c3cccc(Cl)c3)C2)no1. The van der Waals surface area contributed by atoms with Crippen LogP contribution in [-0.4, -0.2) is 35.3 Å². The lowest BCUT2D eigenvalue weighted by molar-refractivity contribution is 0.237. The average molecular weight is 336 g/mol. The summed E-state index contributed by atoms with van der Waals surface area (Å²) >= 11 is 6.02. The minimum atomic E-state index is -0.231. The number of hydrogen-bond acceptors (Lipinski definition) is 5. The van der Waals surface area contributed by atoms with E-state index in [0.717, 1.165) is 25.2 Å². The van der Waals surface area contributed by atoms with Crippen LogP contribution in [0.5, 0.6) is 0 Å². The number of carbonyl (C=O) groups is 1. The van der Waals surface area contributed by atoms with Gasteiger partial charge in [-0.2, -0.15) is 4.98 Å². The van der Waals surface area contributed by atoms with E-state index in [1.807, 2.05) is 24.3 Å². The molecule has 0 aliphatic carbocycles. The first-order valence-electron chi connectivity index (χ1n) is 7.44. The monoisotopic (exact) mass is 335 g/mol. The van der Waals surface area contributed by atoms with Gasteiger partial charge in [0.15, 0.2) is 5.82 Å². The smallest absolute Gasteiger partial charge is 0.315 e. The second-order valence-electron chi connectivity index (χ2n) is 5.47. The molecule has 1 atom stereocenters. The Hall–Kier alpha value is -2.28. The first kappa shape index (κ1) is 15.6. The van der Waals surface area contributed by atoms with Gasteiger partial charge in [0, 0.05) is 36.8 Å². The van der Waals surface area contributed by atoms with Crippen LogP contribution in [0.2, 0.25) is 5.02 Å². The topological polar surface area (TPSA) is 83.3 Å². The Labute approximate surface area is 139 Å². The fourth-order valence-electron chi connectivity index (χ4n) is 2.59. The summed E-state index contributed by atoms with van der Waals surface area (Å²) in [5, 5.41) is 10.1. The first-order valence-corrected chi connectivity index (χ1v) is 7.82. The highest BCUT2D eigenvalue weighted by atomic mass is 35.5. The van der Waals surface area contributed by atoms with Gasteiger partial charge in [-0.05, 0) is 24.6 Å². The molecular formula is C15H18ClN5O2. The molecule has 1 aliphatic rings. The minimum absolute atomic E-state index is 0.0981. The second kappa shape index (κ2) is 6.87. The van der Waals surface area contributed by atoms with Gasteiger partial charge in [0.1, 0.15) is 0 Å². The molecule has 8 heteroatoms. The number of urea groups is 1. The number of aromatic nitrogens is 2. The number of nitrogens with one attached hydrogen (secondary N) is 2. The van der Waals surface area contributed by atoms with E-state index in [1.54, 1.807) is 6.92 Å². The molecule has 0 bridgehead atoms. The highest BCUT2D eigenvalue weighted by Crippen LogP contribution is 2.23. The fraction of sp³-hybridized carbons (Fsp3) is 0.400. The van der Waals surface area contributed by atoms with Gasteiger partial charge in [0.25, 0.3) is 0 Å². The molecule has 1 fully saturated rings. The first-order chi connectivity index (χ1) is 11.1. The van der Waals surface area contributed by atoms with Gasteiger partial charge >= 0.3 is 6.03 Å². The summed E-state index contributed by atoms with van der Waals surface area (Å²) in [7, 11) is 0. The second-order valence-corrected chi connectivity index (χ2v) is 5.90. The lowest BCUT2D eigenvalue weighted by atomic mass is 10.3. The lowest BCUT2D eigenvalue weighted by Crippen LogP contribution is -2.43. The standard InChI is InChI=1S/C15H18ClN5O2/c1-10-18-14(20-23-10)8-17-15(22)19-12-5-6-21(9-12)13-4-2-3-11(16)7-13/h2-4,7,12H,5-6,8-9H2,1H3,(H2,17,19,22)/t12-/m1/s1. The van der Waals surface area contributed by atoms with Crippen molar-refractivity contribution in [3.8, 4) is 0 Å². The Bertz CT molecular complexity index is 690. The fourth-order valence-corrected chi connectivity index (χ4v) is 2.78. The Morgan fingerprint density at radius 2 is 2.39 bits per heavy atom. The number of carbonyl (C=O) groups excluding carboxylic acids is 1. The third-order valence-electron chi connectivity index (χ3n) is 3.67. The van der Waals surface area contributed by atoms with Crippen LogP contribution in [0.4, 0.5) is 10.5 Å². The highest BCUT2D eigenvalue weighted by molar-refractivity contribution is 6.30. The average Bonchev–Trinajstić information content (AvgIpc) is 3.14. The van der Waals surface area contributed by atoms with E-state index in [4.69, 9.17) is 16.1 Å². The summed E-state index contributed by atoms with van der Waals surface area (Å²) in [6, 6.07) is 7.60. The van der Waals surface area contributed by atoms with Crippen molar-refractivity contribution in [1.82, 2.24) is 20.8 Å². The third-order valence-corrected chi connectivity index (χ3v) is 3.91. The van der Waals surface area contributed by atoms with Gasteiger partial charge in [-0.3, -0.25) is 0 Å². The van der Waals surface area contributed by atoms with Gasteiger partial charge in [-0.25, -0.2) is 4.79 Å². The highest BCUT2D eigenvalue weighted by Gasteiger charge is 2.24. The maximum Gasteiger partial charge on any atom is 0.315 e. The molecule has 7 nitrogen and oxygen atoms in total. The van der Waals surface area contributed by atoms with Crippen LogP contribution < -0.4 is 15.5 Å². The van der Waals surface area contributed by atoms with Crippen LogP contribution in [0, 0.1) is 6.92 Å². The molecule has 2 heterocycles. The molecule has 1 saturated heterocycles. The molecule has 2 amide bonds. The molecule has 0 radical (unpaired) electrons. The summed E-state index contributed by atoms with van der Waals surface area (Å²) in [5.74, 6) is 0.944. The number of halogens is 1. The maximum atomic E-state index is 11.9. The zero-order valence-electron chi connectivity index (χ0n) is 12.8. The molecular weight excluding hydrogens is 318 g/mol. The van der Waals surface area contributed by atoms with Crippen LogP contribution in [0.3, 0.4) is 0 Å². The number of nitrogens with zero attached hydrogens (tertiary/aromatic N) is 3. The molecule has 0 spiro atoms. The molecule has 2 N–H and O–H groups in total. The summed E-state index contributed by atoms with van der Waals surface area (Å²) in [6.45, 7) is 3.60. The van der Waals surface area contributed by atoms with Crippen LogP contribution in [0.25, 0.3) is 0 Å². The van der Waals surface area contributed by atoms with Crippen molar-refractivity contribution in [1.29, 1.82) is 0 Å². The van der Waals surface area contributed by atoms with Crippen LogP contribution >= 0.6 is 11.6 Å². The molecule has 0 saturated carbocycles. The number of amides is 2. The molecule has 0 unspecified atom stereocenters. The van der Waals surface area contributed by atoms with Crippen LogP contribution in [0.15, 0.2) is 28.8 Å².